The smallest absolute Gasteiger partial charge is 0.250 e. The fourth-order valence-electron chi connectivity index (χ4n) is 3.73. The molecule has 2 nitrogen and oxygen atoms in total. The maximum atomic E-state index is 7.07. The molecule has 0 heterocycles. The summed E-state index contributed by atoms with van der Waals surface area (Å²) in [6.45, 7) is 11.4. The van der Waals surface area contributed by atoms with E-state index in [1.54, 1.807) is 0 Å². The van der Waals surface area contributed by atoms with Crippen LogP contribution in [0, 0.1) is 0 Å². The first-order valence-corrected chi connectivity index (χ1v) is 13.8. The Morgan fingerprint density at radius 1 is 0.645 bits per heavy atom. The molecular formula is C28H31NOSi. The molecule has 0 unspecified atom stereocenters. The maximum Gasteiger partial charge on any atom is 0.250 e. The number of hydrogen-bond acceptors (Lipinski definition) is 2. The van der Waals surface area contributed by atoms with Crippen molar-refractivity contribution in [3.8, 4) is 28.0 Å². The van der Waals surface area contributed by atoms with E-state index in [4.69, 9.17) is 10.2 Å². The van der Waals surface area contributed by atoms with E-state index in [0.717, 1.165) is 44.5 Å². The van der Waals surface area contributed by atoms with E-state index >= 15 is 0 Å². The Kier molecular flexibility index (Phi) is 5.40. The van der Waals surface area contributed by atoms with Gasteiger partial charge >= 0.3 is 0 Å². The van der Waals surface area contributed by atoms with E-state index in [-0.39, 0.29) is 5.04 Å². The molecule has 0 aliphatic rings. The lowest BCUT2D eigenvalue weighted by molar-refractivity contribution is 0.498. The normalized spacial score (nSPS) is 12.2. The van der Waals surface area contributed by atoms with Crippen LogP contribution in [-0.2, 0) is 0 Å². The molecule has 0 saturated heterocycles. The van der Waals surface area contributed by atoms with Crippen LogP contribution < -0.4 is 10.2 Å². The van der Waals surface area contributed by atoms with Crippen LogP contribution in [0.25, 0.3) is 33.0 Å². The van der Waals surface area contributed by atoms with Gasteiger partial charge in [0, 0.05) is 27.6 Å². The predicted molar refractivity (Wildman–Crippen MR) is 137 cm³/mol. The summed E-state index contributed by atoms with van der Waals surface area (Å²) in [5.41, 5.74) is 12.0. The number of anilines is 1. The lowest BCUT2D eigenvalue weighted by Crippen LogP contribution is -2.44. The average Bonchev–Trinajstić information content (AvgIpc) is 2.76. The topological polar surface area (TPSA) is 35.2 Å². The van der Waals surface area contributed by atoms with Gasteiger partial charge in [-0.2, -0.15) is 0 Å². The Morgan fingerprint density at radius 2 is 1.10 bits per heavy atom. The zero-order valence-corrected chi connectivity index (χ0v) is 20.1. The molecule has 31 heavy (non-hydrogen) atoms. The second-order valence-electron chi connectivity index (χ2n) is 9.63. The molecule has 0 aliphatic heterocycles. The van der Waals surface area contributed by atoms with E-state index in [1.165, 1.54) is 0 Å². The Morgan fingerprint density at radius 3 is 1.61 bits per heavy atom. The summed E-state index contributed by atoms with van der Waals surface area (Å²) in [5.74, 6) is 0.946. The average molecular weight is 426 g/mol. The first-order chi connectivity index (χ1) is 14.7. The summed E-state index contributed by atoms with van der Waals surface area (Å²) >= 11 is 0. The van der Waals surface area contributed by atoms with Crippen LogP contribution in [-0.4, -0.2) is 8.32 Å². The molecule has 4 aromatic carbocycles. The number of benzene rings is 4. The van der Waals surface area contributed by atoms with E-state index in [2.05, 4.69) is 101 Å². The third kappa shape index (κ3) is 3.86. The number of fused-ring (bicyclic) bond motifs is 1. The Hall–Kier alpha value is -3.04. The SMILES string of the molecule is CC(C)(C)[Si](C)(C)Oc1c(-c2ccccc2)c(-c2ccccc2)c(N)c2ccccc12. The van der Waals surface area contributed by atoms with Crippen LogP contribution in [0.4, 0.5) is 5.69 Å². The molecule has 0 amide bonds. The van der Waals surface area contributed by atoms with Gasteiger partial charge in [0.05, 0.1) is 0 Å². The molecule has 4 aromatic rings. The summed E-state index contributed by atoms with van der Waals surface area (Å²) < 4.78 is 7.07. The number of nitrogens with two attached hydrogens (primary N) is 1. The molecular weight excluding hydrogens is 394 g/mol. The molecule has 0 bridgehead atoms. The van der Waals surface area contributed by atoms with E-state index < -0.39 is 8.32 Å². The Bertz CT molecular complexity index is 1210. The quantitative estimate of drug-likeness (QED) is 0.264. The third-order valence-electron chi connectivity index (χ3n) is 6.50. The Labute approximate surface area is 186 Å². The van der Waals surface area contributed by atoms with Crippen molar-refractivity contribution in [2.75, 3.05) is 5.73 Å². The van der Waals surface area contributed by atoms with Gasteiger partial charge in [-0.3, -0.25) is 0 Å². The first-order valence-electron chi connectivity index (χ1n) is 10.8. The summed E-state index contributed by atoms with van der Waals surface area (Å²) in [6, 6.07) is 29.3. The molecule has 0 saturated carbocycles. The molecule has 3 heteroatoms. The molecule has 0 aromatic heterocycles. The fourth-order valence-corrected chi connectivity index (χ4v) is 4.76. The molecule has 0 atom stereocenters. The minimum atomic E-state index is -2.11. The van der Waals surface area contributed by atoms with Crippen LogP contribution in [0.3, 0.4) is 0 Å². The number of hydrogen-bond donors (Lipinski definition) is 1. The van der Waals surface area contributed by atoms with Crippen molar-refractivity contribution in [1.82, 2.24) is 0 Å². The molecule has 0 radical (unpaired) electrons. The highest BCUT2D eigenvalue weighted by molar-refractivity contribution is 6.75. The maximum absolute atomic E-state index is 7.07. The monoisotopic (exact) mass is 425 g/mol. The lowest BCUT2D eigenvalue weighted by Gasteiger charge is -2.38. The largest absolute Gasteiger partial charge is 0.543 e. The van der Waals surface area contributed by atoms with Crippen molar-refractivity contribution in [3.63, 3.8) is 0 Å². The molecule has 0 spiro atoms. The van der Waals surface area contributed by atoms with Crippen molar-refractivity contribution in [2.24, 2.45) is 0 Å². The van der Waals surface area contributed by atoms with Crippen LogP contribution in [0.5, 0.6) is 5.75 Å². The molecule has 2 N–H and O–H groups in total. The van der Waals surface area contributed by atoms with Crippen molar-refractivity contribution in [2.45, 2.75) is 38.9 Å². The van der Waals surface area contributed by atoms with Gasteiger partial charge < -0.3 is 10.2 Å². The van der Waals surface area contributed by atoms with E-state index in [1.807, 2.05) is 18.2 Å². The summed E-state index contributed by atoms with van der Waals surface area (Å²) in [6.07, 6.45) is 0. The summed E-state index contributed by atoms with van der Waals surface area (Å²) in [7, 11) is -2.11. The second-order valence-corrected chi connectivity index (χ2v) is 14.4. The minimum Gasteiger partial charge on any atom is -0.543 e. The zero-order chi connectivity index (χ0) is 22.2. The molecule has 0 aliphatic carbocycles. The third-order valence-corrected chi connectivity index (χ3v) is 10.8. The highest BCUT2D eigenvalue weighted by Gasteiger charge is 2.40. The van der Waals surface area contributed by atoms with Gasteiger partial charge in [-0.05, 0) is 29.3 Å². The van der Waals surface area contributed by atoms with Crippen LogP contribution in [0.2, 0.25) is 18.1 Å². The summed E-state index contributed by atoms with van der Waals surface area (Å²) in [5, 5.41) is 2.19. The minimum absolute atomic E-state index is 0.0797. The summed E-state index contributed by atoms with van der Waals surface area (Å²) in [4.78, 5) is 0. The van der Waals surface area contributed by atoms with Crippen molar-refractivity contribution in [3.05, 3.63) is 84.9 Å². The highest BCUT2D eigenvalue weighted by Crippen LogP contribution is 2.50. The lowest BCUT2D eigenvalue weighted by atomic mass is 9.88. The molecule has 0 fully saturated rings. The first kappa shape index (κ1) is 21.2. The van der Waals surface area contributed by atoms with Gasteiger partial charge in [0.25, 0.3) is 8.32 Å². The molecule has 4 rings (SSSR count). The van der Waals surface area contributed by atoms with Crippen molar-refractivity contribution >= 4 is 24.8 Å². The van der Waals surface area contributed by atoms with Crippen LogP contribution in [0.1, 0.15) is 20.8 Å². The molecule has 158 valence electrons. The van der Waals surface area contributed by atoms with Crippen LogP contribution in [0.15, 0.2) is 84.9 Å². The number of nitrogen functional groups attached to an aromatic ring is 1. The van der Waals surface area contributed by atoms with Gasteiger partial charge in [0.15, 0.2) is 0 Å². The second kappa shape index (κ2) is 7.90. The fraction of sp³-hybridized carbons (Fsp3) is 0.214. The Balaban J connectivity index is 2.15. The van der Waals surface area contributed by atoms with E-state index in [9.17, 15) is 0 Å². The predicted octanol–water partition coefficient (Wildman–Crippen LogP) is 8.14. The van der Waals surface area contributed by atoms with E-state index in [0.29, 0.717) is 0 Å². The van der Waals surface area contributed by atoms with Gasteiger partial charge in [-0.15, -0.1) is 0 Å². The highest BCUT2D eigenvalue weighted by atomic mass is 28.4. The number of rotatable bonds is 4. The van der Waals surface area contributed by atoms with Gasteiger partial charge in [0.2, 0.25) is 0 Å². The zero-order valence-electron chi connectivity index (χ0n) is 19.1. The van der Waals surface area contributed by atoms with Crippen molar-refractivity contribution in [1.29, 1.82) is 0 Å². The van der Waals surface area contributed by atoms with Gasteiger partial charge in [0.1, 0.15) is 5.75 Å². The van der Waals surface area contributed by atoms with Gasteiger partial charge in [-0.25, -0.2) is 0 Å². The standard InChI is InChI=1S/C28H31NOSi/c1-28(2,3)31(4,5)30-27-23-19-13-12-18-22(23)26(29)24(20-14-8-6-9-15-20)25(27)21-16-10-7-11-17-21/h6-19H,29H2,1-5H3. The van der Waals surface area contributed by atoms with Gasteiger partial charge in [-0.1, -0.05) is 106 Å². The van der Waals surface area contributed by atoms with Crippen LogP contribution >= 0.6 is 0 Å². The van der Waals surface area contributed by atoms with Crippen molar-refractivity contribution < 1.29 is 4.43 Å².